The minimum absolute atomic E-state index is 0. The van der Waals surface area contributed by atoms with Crippen LogP contribution in [0.1, 0.15) is 33.7 Å². The molecule has 1 amide bonds. The number of benzene rings is 1. The second kappa shape index (κ2) is 9.54. The van der Waals surface area contributed by atoms with Gasteiger partial charge >= 0.3 is 0 Å². The topological polar surface area (TPSA) is 65.2 Å². The van der Waals surface area contributed by atoms with E-state index in [-0.39, 0.29) is 18.3 Å². The van der Waals surface area contributed by atoms with E-state index in [0.717, 1.165) is 44.8 Å². The van der Waals surface area contributed by atoms with Crippen molar-refractivity contribution < 1.29 is 4.79 Å². The molecule has 0 radical (unpaired) electrons. The van der Waals surface area contributed by atoms with Gasteiger partial charge in [0.1, 0.15) is 0 Å². The maximum Gasteiger partial charge on any atom is 0.253 e. The van der Waals surface area contributed by atoms with Gasteiger partial charge in [0.25, 0.3) is 5.91 Å². The SMILES string of the molecule is Cc1cc(C)n(CCN2CCCN(C(=O)c3cccc(C#N)c3)CC2)n1.Cl. The number of hydrogen-bond donors (Lipinski definition) is 0. The average molecular weight is 388 g/mol. The second-order valence-corrected chi connectivity index (χ2v) is 6.83. The Hall–Kier alpha value is -2.36. The number of nitriles is 1. The minimum atomic E-state index is 0. The summed E-state index contributed by atoms with van der Waals surface area (Å²) in [5, 5.41) is 13.5. The van der Waals surface area contributed by atoms with Gasteiger partial charge in [0.2, 0.25) is 0 Å². The first-order chi connectivity index (χ1) is 12.6. The molecule has 2 heterocycles. The van der Waals surface area contributed by atoms with Crippen molar-refractivity contribution in [2.75, 3.05) is 32.7 Å². The van der Waals surface area contributed by atoms with Crippen molar-refractivity contribution in [3.8, 4) is 6.07 Å². The summed E-state index contributed by atoms with van der Waals surface area (Å²) in [7, 11) is 0. The summed E-state index contributed by atoms with van der Waals surface area (Å²) < 4.78 is 2.05. The van der Waals surface area contributed by atoms with Crippen LogP contribution in [0.25, 0.3) is 0 Å². The van der Waals surface area contributed by atoms with E-state index in [1.807, 2.05) is 11.8 Å². The second-order valence-electron chi connectivity index (χ2n) is 6.83. The molecule has 1 fully saturated rings. The summed E-state index contributed by atoms with van der Waals surface area (Å²) in [5.41, 5.74) is 3.36. The summed E-state index contributed by atoms with van der Waals surface area (Å²) in [4.78, 5) is 17.0. The first kappa shape index (κ1) is 20.9. The van der Waals surface area contributed by atoms with E-state index in [1.54, 1.807) is 24.3 Å². The molecule has 0 atom stereocenters. The summed E-state index contributed by atoms with van der Waals surface area (Å²) in [6.07, 6.45) is 0.959. The number of halogens is 1. The van der Waals surface area contributed by atoms with Gasteiger partial charge in [-0.15, -0.1) is 12.4 Å². The van der Waals surface area contributed by atoms with Gasteiger partial charge in [-0.05, 0) is 51.1 Å². The lowest BCUT2D eigenvalue weighted by Gasteiger charge is -2.22. The van der Waals surface area contributed by atoms with E-state index < -0.39 is 0 Å². The Morgan fingerprint density at radius 2 is 1.96 bits per heavy atom. The van der Waals surface area contributed by atoms with Crippen LogP contribution in [0.5, 0.6) is 0 Å². The van der Waals surface area contributed by atoms with Crippen molar-refractivity contribution in [1.82, 2.24) is 19.6 Å². The van der Waals surface area contributed by atoms with E-state index in [4.69, 9.17) is 5.26 Å². The molecule has 0 unspecified atom stereocenters. The summed E-state index contributed by atoms with van der Waals surface area (Å²) >= 11 is 0. The predicted octanol–water partition coefficient (Wildman–Crippen LogP) is 2.64. The van der Waals surface area contributed by atoms with Crippen molar-refractivity contribution in [2.24, 2.45) is 0 Å². The number of aryl methyl sites for hydroxylation is 2. The predicted molar refractivity (Wildman–Crippen MR) is 107 cm³/mol. The molecule has 6 nitrogen and oxygen atoms in total. The Bertz CT molecular complexity index is 826. The molecular weight excluding hydrogens is 362 g/mol. The molecule has 0 aliphatic carbocycles. The standard InChI is InChI=1S/C20H25N5O.ClH/c1-16-13-17(2)25(22-16)12-10-23-7-4-8-24(11-9-23)20(26)19-6-3-5-18(14-19)15-21;/h3,5-6,13-14H,4,7-12H2,1-2H3;1H. The summed E-state index contributed by atoms with van der Waals surface area (Å²) in [6.45, 7) is 9.23. The van der Waals surface area contributed by atoms with Crippen molar-refractivity contribution in [3.63, 3.8) is 0 Å². The van der Waals surface area contributed by atoms with Gasteiger partial charge in [-0.25, -0.2) is 0 Å². The van der Waals surface area contributed by atoms with Crippen LogP contribution in [0.4, 0.5) is 0 Å². The van der Waals surface area contributed by atoms with Crippen LogP contribution in [-0.2, 0) is 6.54 Å². The van der Waals surface area contributed by atoms with E-state index in [9.17, 15) is 4.79 Å². The number of nitrogens with zero attached hydrogens (tertiary/aromatic N) is 5. The Balaban J connectivity index is 0.00000261. The maximum atomic E-state index is 12.7. The molecule has 3 rings (SSSR count). The highest BCUT2D eigenvalue weighted by Gasteiger charge is 2.20. The fourth-order valence-electron chi connectivity index (χ4n) is 3.44. The van der Waals surface area contributed by atoms with E-state index in [1.165, 1.54) is 5.69 Å². The zero-order valence-electron chi connectivity index (χ0n) is 15.9. The third-order valence-corrected chi connectivity index (χ3v) is 4.85. The fraction of sp³-hybridized carbons (Fsp3) is 0.450. The quantitative estimate of drug-likeness (QED) is 0.808. The van der Waals surface area contributed by atoms with Crippen LogP contribution in [0, 0.1) is 25.2 Å². The Morgan fingerprint density at radius 1 is 1.15 bits per heavy atom. The molecule has 7 heteroatoms. The van der Waals surface area contributed by atoms with Gasteiger partial charge in [0, 0.05) is 37.4 Å². The molecule has 1 aromatic carbocycles. The fourth-order valence-corrected chi connectivity index (χ4v) is 3.44. The normalized spacial score (nSPS) is 14.9. The molecule has 1 aliphatic heterocycles. The lowest BCUT2D eigenvalue weighted by Crippen LogP contribution is -2.36. The van der Waals surface area contributed by atoms with E-state index in [0.29, 0.717) is 17.7 Å². The lowest BCUT2D eigenvalue weighted by molar-refractivity contribution is 0.0761. The van der Waals surface area contributed by atoms with Crippen molar-refractivity contribution in [3.05, 3.63) is 52.8 Å². The van der Waals surface area contributed by atoms with Crippen molar-refractivity contribution >= 4 is 18.3 Å². The van der Waals surface area contributed by atoms with Gasteiger partial charge in [-0.3, -0.25) is 14.4 Å². The molecule has 0 saturated carbocycles. The largest absolute Gasteiger partial charge is 0.337 e. The van der Waals surface area contributed by atoms with Gasteiger partial charge in [0.05, 0.1) is 23.9 Å². The van der Waals surface area contributed by atoms with Crippen LogP contribution < -0.4 is 0 Å². The monoisotopic (exact) mass is 387 g/mol. The molecular formula is C20H26ClN5O. The highest BCUT2D eigenvalue weighted by atomic mass is 35.5. The third kappa shape index (κ3) is 5.31. The number of carbonyl (C=O) groups is 1. The number of hydrogen-bond acceptors (Lipinski definition) is 4. The maximum absolute atomic E-state index is 12.7. The molecule has 1 saturated heterocycles. The Kier molecular flexibility index (Phi) is 7.40. The number of rotatable bonds is 4. The van der Waals surface area contributed by atoms with Crippen LogP contribution in [0.15, 0.2) is 30.3 Å². The van der Waals surface area contributed by atoms with Gasteiger partial charge in [-0.1, -0.05) is 6.07 Å². The summed E-state index contributed by atoms with van der Waals surface area (Å²) in [5.74, 6) is 0.0162. The van der Waals surface area contributed by atoms with E-state index in [2.05, 4.69) is 33.7 Å². The zero-order chi connectivity index (χ0) is 18.5. The molecule has 27 heavy (non-hydrogen) atoms. The average Bonchev–Trinajstić information content (AvgIpc) is 2.84. The highest BCUT2D eigenvalue weighted by Crippen LogP contribution is 2.11. The zero-order valence-corrected chi connectivity index (χ0v) is 16.7. The van der Waals surface area contributed by atoms with Crippen LogP contribution >= 0.6 is 12.4 Å². The van der Waals surface area contributed by atoms with Gasteiger partial charge < -0.3 is 4.90 Å². The number of carbonyl (C=O) groups excluding carboxylic acids is 1. The number of amides is 1. The van der Waals surface area contributed by atoms with E-state index >= 15 is 0 Å². The van der Waals surface area contributed by atoms with Gasteiger partial charge in [0.15, 0.2) is 0 Å². The molecule has 1 aromatic heterocycles. The highest BCUT2D eigenvalue weighted by molar-refractivity contribution is 5.94. The number of aromatic nitrogens is 2. The molecule has 144 valence electrons. The minimum Gasteiger partial charge on any atom is -0.337 e. The van der Waals surface area contributed by atoms with Crippen LogP contribution in [0.2, 0.25) is 0 Å². The van der Waals surface area contributed by atoms with Crippen LogP contribution in [0.3, 0.4) is 0 Å². The Morgan fingerprint density at radius 3 is 2.67 bits per heavy atom. The first-order valence-corrected chi connectivity index (χ1v) is 9.09. The smallest absolute Gasteiger partial charge is 0.253 e. The van der Waals surface area contributed by atoms with Crippen molar-refractivity contribution in [2.45, 2.75) is 26.8 Å². The molecule has 2 aromatic rings. The molecule has 0 N–H and O–H groups in total. The molecule has 1 aliphatic rings. The Labute approximate surface area is 166 Å². The van der Waals surface area contributed by atoms with Gasteiger partial charge in [-0.2, -0.15) is 10.4 Å². The molecule has 0 spiro atoms. The van der Waals surface area contributed by atoms with Crippen LogP contribution in [-0.4, -0.2) is 58.2 Å². The molecule has 0 bridgehead atoms. The lowest BCUT2D eigenvalue weighted by atomic mass is 10.1. The third-order valence-electron chi connectivity index (χ3n) is 4.85. The van der Waals surface area contributed by atoms with Crippen molar-refractivity contribution in [1.29, 1.82) is 5.26 Å². The first-order valence-electron chi connectivity index (χ1n) is 9.09. The summed E-state index contributed by atoms with van der Waals surface area (Å²) in [6, 6.07) is 11.1.